The van der Waals surface area contributed by atoms with E-state index in [1.165, 1.54) is 28.4 Å². The van der Waals surface area contributed by atoms with Gasteiger partial charge < -0.3 is 14.5 Å². The van der Waals surface area contributed by atoms with Gasteiger partial charge in [-0.3, -0.25) is 19.3 Å². The minimum atomic E-state index is -0.233. The molecule has 2 saturated heterocycles. The van der Waals surface area contributed by atoms with Gasteiger partial charge in [0, 0.05) is 39.1 Å². The zero-order valence-corrected chi connectivity index (χ0v) is 24.6. The molecule has 2 aromatic carbocycles. The Morgan fingerprint density at radius 1 is 0.950 bits per heavy atom. The SMILES string of the molecule is COc1ccc(/C=C2/SC(=S)N(CCC(=O)N3CCN(C4=NC(=O)/C(=C/c5ccc(C)cc5)S4)CC3)C2=O)cc1. The number of hydrogen-bond donors (Lipinski definition) is 0. The monoisotopic (exact) mass is 592 g/mol. The molecule has 3 aliphatic heterocycles. The number of rotatable bonds is 6. The average Bonchev–Trinajstić information content (AvgIpc) is 3.46. The average molecular weight is 593 g/mol. The minimum absolute atomic E-state index is 0.0233. The van der Waals surface area contributed by atoms with Crippen LogP contribution in [0.5, 0.6) is 5.75 Å². The van der Waals surface area contributed by atoms with Crippen LogP contribution in [0.25, 0.3) is 12.2 Å². The Bertz CT molecular complexity index is 1430. The van der Waals surface area contributed by atoms with E-state index in [4.69, 9.17) is 17.0 Å². The van der Waals surface area contributed by atoms with Crippen molar-refractivity contribution >= 4 is 75.1 Å². The van der Waals surface area contributed by atoms with E-state index < -0.39 is 0 Å². The molecule has 0 N–H and O–H groups in total. The van der Waals surface area contributed by atoms with Crippen molar-refractivity contribution in [1.82, 2.24) is 14.7 Å². The lowest BCUT2D eigenvalue weighted by molar-refractivity contribution is -0.133. The summed E-state index contributed by atoms with van der Waals surface area (Å²) in [7, 11) is 1.60. The molecule has 2 fully saturated rings. The Labute approximate surface area is 247 Å². The molecule has 11 heteroatoms. The van der Waals surface area contributed by atoms with Crippen LogP contribution in [0, 0.1) is 6.92 Å². The van der Waals surface area contributed by atoms with E-state index in [1.807, 2.05) is 66.4 Å². The summed E-state index contributed by atoms with van der Waals surface area (Å²) in [6, 6.07) is 15.4. The van der Waals surface area contributed by atoms with Crippen molar-refractivity contribution in [3.05, 3.63) is 75.0 Å². The highest BCUT2D eigenvalue weighted by molar-refractivity contribution is 8.26. The predicted molar refractivity (Wildman–Crippen MR) is 165 cm³/mol. The maximum atomic E-state index is 13.0. The van der Waals surface area contributed by atoms with Crippen LogP contribution in [0.1, 0.15) is 23.1 Å². The third-order valence-corrected chi connectivity index (χ3v) is 9.15. The molecule has 0 aliphatic carbocycles. The van der Waals surface area contributed by atoms with Crippen molar-refractivity contribution in [3.63, 3.8) is 0 Å². The number of nitrogens with zero attached hydrogens (tertiary/aromatic N) is 4. The third-order valence-electron chi connectivity index (χ3n) is 6.72. The lowest BCUT2D eigenvalue weighted by atomic mass is 10.1. The number of hydrogen-bond acceptors (Lipinski definition) is 8. The number of amidine groups is 1. The van der Waals surface area contributed by atoms with Gasteiger partial charge in [0.25, 0.3) is 11.8 Å². The van der Waals surface area contributed by atoms with Crippen molar-refractivity contribution in [3.8, 4) is 5.75 Å². The van der Waals surface area contributed by atoms with Crippen LogP contribution in [0.3, 0.4) is 0 Å². The molecule has 0 unspecified atom stereocenters. The fourth-order valence-corrected chi connectivity index (χ4v) is 6.68. The van der Waals surface area contributed by atoms with Gasteiger partial charge in [0.05, 0.1) is 16.9 Å². The summed E-state index contributed by atoms with van der Waals surface area (Å²) in [5, 5.41) is 0.677. The smallest absolute Gasteiger partial charge is 0.286 e. The number of carbonyl (C=O) groups excluding carboxylic acids is 3. The Balaban J connectivity index is 1.10. The van der Waals surface area contributed by atoms with Gasteiger partial charge in [0.2, 0.25) is 5.91 Å². The lowest BCUT2D eigenvalue weighted by Gasteiger charge is -2.35. The number of aryl methyl sites for hydroxylation is 1. The molecule has 0 aromatic heterocycles. The van der Waals surface area contributed by atoms with Crippen molar-refractivity contribution in [1.29, 1.82) is 0 Å². The van der Waals surface area contributed by atoms with Gasteiger partial charge in [-0.25, -0.2) is 0 Å². The van der Waals surface area contributed by atoms with Crippen LogP contribution >= 0.6 is 35.7 Å². The highest BCUT2D eigenvalue weighted by atomic mass is 32.2. The van der Waals surface area contributed by atoms with Crippen molar-refractivity contribution in [2.45, 2.75) is 13.3 Å². The second kappa shape index (κ2) is 12.4. The summed E-state index contributed by atoms with van der Waals surface area (Å²) in [4.78, 5) is 49.1. The first kappa shape index (κ1) is 28.1. The molecule has 0 saturated carbocycles. The van der Waals surface area contributed by atoms with Gasteiger partial charge in [0.1, 0.15) is 10.1 Å². The summed E-state index contributed by atoms with van der Waals surface area (Å²) in [6.45, 7) is 4.51. The highest BCUT2D eigenvalue weighted by Gasteiger charge is 2.33. The zero-order chi connectivity index (χ0) is 28.2. The Morgan fingerprint density at radius 2 is 1.57 bits per heavy atom. The van der Waals surface area contributed by atoms with Gasteiger partial charge in [0.15, 0.2) is 5.17 Å². The molecule has 0 spiro atoms. The van der Waals surface area contributed by atoms with E-state index in [-0.39, 0.29) is 30.7 Å². The summed E-state index contributed by atoms with van der Waals surface area (Å²) in [6.07, 6.45) is 3.86. The molecule has 3 amide bonds. The number of methoxy groups -OCH3 is 1. The molecule has 40 heavy (non-hydrogen) atoms. The van der Waals surface area contributed by atoms with Crippen molar-refractivity contribution < 1.29 is 19.1 Å². The summed E-state index contributed by atoms with van der Waals surface area (Å²) >= 11 is 8.05. The number of benzene rings is 2. The molecule has 0 bridgehead atoms. The Morgan fingerprint density at radius 3 is 2.23 bits per heavy atom. The quantitative estimate of drug-likeness (QED) is 0.361. The molecule has 206 valence electrons. The molecule has 5 rings (SSSR count). The predicted octanol–water partition coefficient (Wildman–Crippen LogP) is 4.41. The largest absolute Gasteiger partial charge is 0.497 e. The van der Waals surface area contributed by atoms with Gasteiger partial charge in [-0.2, -0.15) is 4.99 Å². The van der Waals surface area contributed by atoms with Crippen LogP contribution in [-0.2, 0) is 14.4 Å². The molecular weight excluding hydrogens is 565 g/mol. The molecule has 3 heterocycles. The number of thioether (sulfide) groups is 2. The number of piperazine rings is 1. The van der Waals surface area contributed by atoms with E-state index in [2.05, 4.69) is 4.99 Å². The molecule has 8 nitrogen and oxygen atoms in total. The van der Waals surface area contributed by atoms with E-state index in [1.54, 1.807) is 18.1 Å². The van der Waals surface area contributed by atoms with Gasteiger partial charge in [-0.05, 0) is 54.1 Å². The second-order valence-electron chi connectivity index (χ2n) is 9.45. The summed E-state index contributed by atoms with van der Waals surface area (Å²) in [5.74, 6) is 0.305. The molecular formula is C29H28N4O4S3. The van der Waals surface area contributed by atoms with Crippen LogP contribution < -0.4 is 4.74 Å². The minimum Gasteiger partial charge on any atom is -0.497 e. The number of amides is 3. The first-order valence-electron chi connectivity index (χ1n) is 12.8. The Kier molecular flexibility index (Phi) is 8.72. The molecule has 2 aromatic rings. The zero-order valence-electron chi connectivity index (χ0n) is 22.2. The fraction of sp³-hybridized carbons (Fsp3) is 0.276. The first-order valence-corrected chi connectivity index (χ1v) is 14.9. The number of ether oxygens (including phenoxy) is 1. The summed E-state index contributed by atoms with van der Waals surface area (Å²) in [5.41, 5.74) is 3.00. The third kappa shape index (κ3) is 6.48. The number of aliphatic imine (C=N–C) groups is 1. The first-order chi connectivity index (χ1) is 19.3. The number of carbonyl (C=O) groups is 3. The lowest BCUT2D eigenvalue weighted by Crippen LogP contribution is -2.50. The van der Waals surface area contributed by atoms with Gasteiger partial charge in [-0.1, -0.05) is 65.9 Å². The standard InChI is InChI=1S/C29H28N4O4S3/c1-19-3-5-20(6-4-19)17-23-26(35)30-28(39-23)32-15-13-31(14-16-32)25(34)11-12-33-27(36)24(40-29(33)38)18-21-7-9-22(37-2)10-8-21/h3-10,17-18H,11-16H2,1-2H3/b23-17-,24-18+. The van der Waals surface area contributed by atoms with E-state index in [9.17, 15) is 14.4 Å². The fourth-order valence-electron chi connectivity index (χ4n) is 4.40. The van der Waals surface area contributed by atoms with Crippen LogP contribution in [0.15, 0.2) is 63.3 Å². The molecule has 0 radical (unpaired) electrons. The van der Waals surface area contributed by atoms with E-state index in [0.717, 1.165) is 22.4 Å². The number of thiocarbonyl (C=S) groups is 1. The molecule has 0 atom stereocenters. The normalized spacial score (nSPS) is 19.7. The topological polar surface area (TPSA) is 82.5 Å². The maximum absolute atomic E-state index is 13.0. The summed E-state index contributed by atoms with van der Waals surface area (Å²) < 4.78 is 5.64. The van der Waals surface area contributed by atoms with Crippen molar-refractivity contribution in [2.75, 3.05) is 39.8 Å². The van der Waals surface area contributed by atoms with Gasteiger partial charge >= 0.3 is 0 Å². The Hall–Kier alpha value is -3.41. The highest BCUT2D eigenvalue weighted by Crippen LogP contribution is 2.33. The van der Waals surface area contributed by atoms with E-state index >= 15 is 0 Å². The maximum Gasteiger partial charge on any atom is 0.286 e. The van der Waals surface area contributed by atoms with Crippen molar-refractivity contribution in [2.24, 2.45) is 4.99 Å². The molecule has 3 aliphatic rings. The van der Waals surface area contributed by atoms with Crippen LogP contribution in [-0.4, -0.2) is 81.7 Å². The van der Waals surface area contributed by atoms with Crippen LogP contribution in [0.4, 0.5) is 0 Å². The van der Waals surface area contributed by atoms with Crippen LogP contribution in [0.2, 0.25) is 0 Å². The van der Waals surface area contributed by atoms with E-state index in [0.29, 0.717) is 45.5 Å². The second-order valence-corrected chi connectivity index (χ2v) is 12.1. The van der Waals surface area contributed by atoms with Gasteiger partial charge in [-0.15, -0.1) is 0 Å².